The van der Waals surface area contributed by atoms with Gasteiger partial charge in [-0.2, -0.15) is 0 Å². The van der Waals surface area contributed by atoms with E-state index in [0.29, 0.717) is 12.8 Å². The zero-order valence-corrected chi connectivity index (χ0v) is 10.1. The molecule has 1 unspecified atom stereocenters. The van der Waals surface area contributed by atoms with E-state index in [4.69, 9.17) is 0 Å². The molecule has 1 atom stereocenters. The number of anilines is 1. The smallest absolute Gasteiger partial charge is 0.247 e. The number of hydrogen-bond acceptors (Lipinski definition) is 2. The van der Waals surface area contributed by atoms with Crippen molar-refractivity contribution in [1.29, 1.82) is 0 Å². The minimum atomic E-state index is -0.331. The van der Waals surface area contributed by atoms with E-state index in [0.717, 1.165) is 11.3 Å². The standard InChI is InChI=1S/C13H16N2O2/c1-9-4-3-5-10(8-9)14-13(17)11-6-7-12(16)15(11)2/h3-5,8,11H,6-7H2,1-2H3,(H,14,17). The zero-order chi connectivity index (χ0) is 12.4. The van der Waals surface area contributed by atoms with Crippen LogP contribution < -0.4 is 5.32 Å². The van der Waals surface area contributed by atoms with Crippen molar-refractivity contribution >= 4 is 17.5 Å². The maximum atomic E-state index is 12.0. The third kappa shape index (κ3) is 2.46. The molecule has 4 heteroatoms. The second-order valence-corrected chi connectivity index (χ2v) is 4.42. The molecule has 1 fully saturated rings. The van der Waals surface area contributed by atoms with Crippen molar-refractivity contribution in [1.82, 2.24) is 4.90 Å². The van der Waals surface area contributed by atoms with Gasteiger partial charge in [-0.25, -0.2) is 0 Å². The van der Waals surface area contributed by atoms with Gasteiger partial charge in [-0.1, -0.05) is 12.1 Å². The van der Waals surface area contributed by atoms with Gasteiger partial charge in [-0.05, 0) is 31.0 Å². The summed E-state index contributed by atoms with van der Waals surface area (Å²) in [5, 5.41) is 2.84. The Morgan fingerprint density at radius 3 is 2.82 bits per heavy atom. The number of nitrogens with one attached hydrogen (secondary N) is 1. The molecule has 1 saturated heterocycles. The van der Waals surface area contributed by atoms with Crippen molar-refractivity contribution in [3.05, 3.63) is 29.8 Å². The largest absolute Gasteiger partial charge is 0.334 e. The molecular formula is C13H16N2O2. The number of hydrogen-bond donors (Lipinski definition) is 1. The Balaban J connectivity index is 2.05. The number of aryl methyl sites for hydroxylation is 1. The lowest BCUT2D eigenvalue weighted by Crippen LogP contribution is -2.38. The van der Waals surface area contributed by atoms with Crippen molar-refractivity contribution < 1.29 is 9.59 Å². The molecule has 1 aromatic carbocycles. The summed E-state index contributed by atoms with van der Waals surface area (Å²) in [6, 6.07) is 7.30. The van der Waals surface area contributed by atoms with Crippen LogP contribution in [0.15, 0.2) is 24.3 Å². The van der Waals surface area contributed by atoms with Gasteiger partial charge in [0.2, 0.25) is 11.8 Å². The van der Waals surface area contributed by atoms with E-state index < -0.39 is 0 Å². The molecule has 0 aliphatic carbocycles. The van der Waals surface area contributed by atoms with Crippen LogP contribution in [0.25, 0.3) is 0 Å². The number of likely N-dealkylation sites (N-methyl/N-ethyl adjacent to an activating group) is 1. The van der Waals surface area contributed by atoms with Crippen molar-refractivity contribution in [2.24, 2.45) is 0 Å². The molecule has 1 aromatic rings. The van der Waals surface area contributed by atoms with Gasteiger partial charge in [0.05, 0.1) is 0 Å². The third-order valence-electron chi connectivity index (χ3n) is 3.08. The van der Waals surface area contributed by atoms with Crippen LogP contribution in [0.2, 0.25) is 0 Å². The van der Waals surface area contributed by atoms with Crippen LogP contribution >= 0.6 is 0 Å². The Bertz CT molecular complexity index is 456. The van der Waals surface area contributed by atoms with Crippen molar-refractivity contribution in [2.75, 3.05) is 12.4 Å². The minimum absolute atomic E-state index is 0.0365. The molecular weight excluding hydrogens is 216 g/mol. The number of rotatable bonds is 2. The fourth-order valence-corrected chi connectivity index (χ4v) is 2.06. The quantitative estimate of drug-likeness (QED) is 0.841. The second-order valence-electron chi connectivity index (χ2n) is 4.42. The Hall–Kier alpha value is -1.84. The molecule has 90 valence electrons. The van der Waals surface area contributed by atoms with Gasteiger partial charge >= 0.3 is 0 Å². The number of benzene rings is 1. The highest BCUT2D eigenvalue weighted by atomic mass is 16.2. The van der Waals surface area contributed by atoms with E-state index in [1.165, 1.54) is 4.90 Å². The van der Waals surface area contributed by atoms with Crippen LogP contribution in [0.4, 0.5) is 5.69 Å². The average Bonchev–Trinajstić information content (AvgIpc) is 2.60. The average molecular weight is 232 g/mol. The first-order valence-electron chi connectivity index (χ1n) is 5.71. The third-order valence-corrected chi connectivity index (χ3v) is 3.08. The summed E-state index contributed by atoms with van der Waals surface area (Å²) >= 11 is 0. The summed E-state index contributed by atoms with van der Waals surface area (Å²) in [6.45, 7) is 1.97. The predicted molar refractivity (Wildman–Crippen MR) is 65.6 cm³/mol. The molecule has 1 heterocycles. The van der Waals surface area contributed by atoms with Crippen LogP contribution in [0, 0.1) is 6.92 Å². The summed E-state index contributed by atoms with van der Waals surface area (Å²) in [6.07, 6.45) is 1.06. The lowest BCUT2D eigenvalue weighted by molar-refractivity contribution is -0.131. The monoisotopic (exact) mass is 232 g/mol. The Labute approximate surface area is 101 Å². The van der Waals surface area contributed by atoms with Gasteiger partial charge in [-0.15, -0.1) is 0 Å². The normalized spacial score (nSPS) is 19.5. The maximum absolute atomic E-state index is 12.0. The molecule has 1 N–H and O–H groups in total. The number of likely N-dealkylation sites (tertiary alicyclic amines) is 1. The number of amides is 2. The molecule has 1 aliphatic heterocycles. The van der Waals surface area contributed by atoms with E-state index in [2.05, 4.69) is 5.32 Å². The van der Waals surface area contributed by atoms with Gasteiger partial charge in [-0.3, -0.25) is 9.59 Å². The van der Waals surface area contributed by atoms with Crippen molar-refractivity contribution in [3.8, 4) is 0 Å². The van der Waals surface area contributed by atoms with Crippen molar-refractivity contribution in [2.45, 2.75) is 25.8 Å². The molecule has 1 aliphatic rings. The Kier molecular flexibility index (Phi) is 3.13. The molecule has 2 amide bonds. The van der Waals surface area contributed by atoms with Gasteiger partial charge < -0.3 is 10.2 Å². The van der Waals surface area contributed by atoms with Crippen LogP contribution in [0.3, 0.4) is 0 Å². The highest BCUT2D eigenvalue weighted by Gasteiger charge is 2.33. The van der Waals surface area contributed by atoms with Crippen LogP contribution in [0.5, 0.6) is 0 Å². The second kappa shape index (κ2) is 4.57. The SMILES string of the molecule is Cc1cccc(NC(=O)C2CCC(=O)N2C)c1. The first-order valence-corrected chi connectivity index (χ1v) is 5.71. The van der Waals surface area contributed by atoms with Crippen LogP contribution in [-0.4, -0.2) is 29.8 Å². The lowest BCUT2D eigenvalue weighted by atomic mass is 10.2. The van der Waals surface area contributed by atoms with Gasteiger partial charge in [0, 0.05) is 19.2 Å². The van der Waals surface area contributed by atoms with E-state index in [1.54, 1.807) is 7.05 Å². The summed E-state index contributed by atoms with van der Waals surface area (Å²) < 4.78 is 0. The van der Waals surface area contributed by atoms with E-state index in [9.17, 15) is 9.59 Å². The van der Waals surface area contributed by atoms with E-state index >= 15 is 0 Å². The van der Waals surface area contributed by atoms with Crippen LogP contribution in [0.1, 0.15) is 18.4 Å². The minimum Gasteiger partial charge on any atom is -0.334 e. The van der Waals surface area contributed by atoms with Gasteiger partial charge in [0.1, 0.15) is 6.04 Å². The van der Waals surface area contributed by atoms with Crippen molar-refractivity contribution in [3.63, 3.8) is 0 Å². The fourth-order valence-electron chi connectivity index (χ4n) is 2.06. The molecule has 17 heavy (non-hydrogen) atoms. The number of carbonyl (C=O) groups excluding carboxylic acids is 2. The first-order chi connectivity index (χ1) is 8.08. The molecule has 0 bridgehead atoms. The highest BCUT2D eigenvalue weighted by Crippen LogP contribution is 2.18. The molecule has 0 radical (unpaired) electrons. The van der Waals surface area contributed by atoms with E-state index in [-0.39, 0.29) is 17.9 Å². The molecule has 0 saturated carbocycles. The molecule has 2 rings (SSSR count). The summed E-state index contributed by atoms with van der Waals surface area (Å²) in [5.74, 6) is -0.0710. The van der Waals surface area contributed by atoms with Crippen LogP contribution in [-0.2, 0) is 9.59 Å². The summed E-state index contributed by atoms with van der Waals surface area (Å²) in [5.41, 5.74) is 1.88. The highest BCUT2D eigenvalue weighted by molar-refractivity contribution is 5.98. The summed E-state index contributed by atoms with van der Waals surface area (Å²) in [4.78, 5) is 24.8. The number of carbonyl (C=O) groups is 2. The maximum Gasteiger partial charge on any atom is 0.247 e. The van der Waals surface area contributed by atoms with E-state index in [1.807, 2.05) is 31.2 Å². The summed E-state index contributed by atoms with van der Waals surface area (Å²) in [7, 11) is 1.68. The fraction of sp³-hybridized carbons (Fsp3) is 0.385. The topological polar surface area (TPSA) is 49.4 Å². The predicted octanol–water partition coefficient (Wildman–Crippen LogP) is 1.55. The Morgan fingerprint density at radius 1 is 1.47 bits per heavy atom. The molecule has 0 spiro atoms. The van der Waals surface area contributed by atoms with Gasteiger partial charge in [0.25, 0.3) is 0 Å². The molecule has 0 aromatic heterocycles. The first kappa shape index (κ1) is 11.6. The Morgan fingerprint density at radius 2 is 2.24 bits per heavy atom. The molecule has 4 nitrogen and oxygen atoms in total. The number of nitrogens with zero attached hydrogens (tertiary/aromatic N) is 1. The van der Waals surface area contributed by atoms with Gasteiger partial charge in [0.15, 0.2) is 0 Å². The lowest BCUT2D eigenvalue weighted by Gasteiger charge is -2.19. The zero-order valence-electron chi connectivity index (χ0n) is 10.1.